The highest BCUT2D eigenvalue weighted by molar-refractivity contribution is 5.81. The van der Waals surface area contributed by atoms with E-state index < -0.39 is 5.97 Å². The average molecular weight is 265 g/mol. The summed E-state index contributed by atoms with van der Waals surface area (Å²) >= 11 is 0. The molecule has 0 aliphatic heterocycles. The van der Waals surface area contributed by atoms with E-state index in [9.17, 15) is 9.59 Å². The average Bonchev–Trinajstić information content (AvgIpc) is 2.44. The van der Waals surface area contributed by atoms with E-state index in [1.165, 1.54) is 12.0 Å². The van der Waals surface area contributed by atoms with Crippen molar-refractivity contribution in [3.63, 3.8) is 0 Å². The maximum Gasteiger partial charge on any atom is 0.325 e. The number of hydrogen-bond acceptors (Lipinski definition) is 4. The maximum atomic E-state index is 11.8. The lowest BCUT2D eigenvalue weighted by Gasteiger charge is -2.15. The van der Waals surface area contributed by atoms with Gasteiger partial charge in [0.25, 0.3) is 0 Å². The van der Waals surface area contributed by atoms with E-state index in [0.29, 0.717) is 12.8 Å². The van der Waals surface area contributed by atoms with E-state index in [4.69, 9.17) is 4.74 Å². The Labute approximate surface area is 113 Å². The van der Waals surface area contributed by atoms with Crippen LogP contribution in [0.25, 0.3) is 0 Å². The minimum Gasteiger partial charge on any atom is -0.497 e. The number of aryl methyl sites for hydroxylation is 1. The van der Waals surface area contributed by atoms with E-state index >= 15 is 0 Å². The Balaban J connectivity index is 2.47. The van der Waals surface area contributed by atoms with Crippen molar-refractivity contribution >= 4 is 11.9 Å². The summed E-state index contributed by atoms with van der Waals surface area (Å²) < 4.78 is 9.63. The maximum absolute atomic E-state index is 11.8. The highest BCUT2D eigenvalue weighted by atomic mass is 16.5. The summed E-state index contributed by atoms with van der Waals surface area (Å²) in [5.41, 5.74) is 1.03. The van der Waals surface area contributed by atoms with Crippen molar-refractivity contribution < 1.29 is 19.1 Å². The molecule has 0 aliphatic rings. The summed E-state index contributed by atoms with van der Waals surface area (Å²) in [5, 5.41) is 0. The predicted molar refractivity (Wildman–Crippen MR) is 71.0 cm³/mol. The van der Waals surface area contributed by atoms with E-state index in [1.54, 1.807) is 14.2 Å². The van der Waals surface area contributed by atoms with Crippen molar-refractivity contribution in [1.29, 1.82) is 0 Å². The van der Waals surface area contributed by atoms with Gasteiger partial charge < -0.3 is 14.4 Å². The molecule has 0 bridgehead atoms. The molecule has 0 aliphatic carbocycles. The van der Waals surface area contributed by atoms with Crippen molar-refractivity contribution in [2.24, 2.45) is 0 Å². The Kier molecular flexibility index (Phi) is 5.85. The van der Waals surface area contributed by atoms with Gasteiger partial charge in [0.1, 0.15) is 12.3 Å². The summed E-state index contributed by atoms with van der Waals surface area (Å²) in [6, 6.07) is 7.58. The Bertz CT molecular complexity index is 445. The first-order valence-corrected chi connectivity index (χ1v) is 6.00. The van der Waals surface area contributed by atoms with Gasteiger partial charge >= 0.3 is 5.97 Å². The number of amides is 1. The van der Waals surface area contributed by atoms with Crippen LogP contribution in [0.5, 0.6) is 5.75 Å². The number of methoxy groups -OCH3 is 2. The van der Waals surface area contributed by atoms with Gasteiger partial charge in [0.05, 0.1) is 14.2 Å². The number of carbonyl (C=O) groups is 2. The molecule has 0 saturated carbocycles. The fourth-order valence-corrected chi connectivity index (χ4v) is 1.62. The van der Waals surface area contributed by atoms with Gasteiger partial charge in [0.2, 0.25) is 5.91 Å². The highest BCUT2D eigenvalue weighted by Gasteiger charge is 2.12. The van der Waals surface area contributed by atoms with E-state index in [2.05, 4.69) is 4.74 Å². The lowest BCUT2D eigenvalue weighted by molar-refractivity contribution is -0.146. The zero-order valence-electron chi connectivity index (χ0n) is 11.5. The Morgan fingerprint density at radius 1 is 1.26 bits per heavy atom. The molecule has 0 radical (unpaired) electrons. The molecule has 5 heteroatoms. The third-order valence-electron chi connectivity index (χ3n) is 2.78. The largest absolute Gasteiger partial charge is 0.497 e. The molecule has 0 N–H and O–H groups in total. The molecular weight excluding hydrogens is 246 g/mol. The molecule has 19 heavy (non-hydrogen) atoms. The molecule has 0 unspecified atom stereocenters. The summed E-state index contributed by atoms with van der Waals surface area (Å²) in [6.45, 7) is -0.0204. The lowest BCUT2D eigenvalue weighted by Crippen LogP contribution is -2.32. The second-order valence-corrected chi connectivity index (χ2v) is 4.18. The molecule has 1 aromatic carbocycles. The van der Waals surface area contributed by atoms with Crippen LogP contribution in [0.4, 0.5) is 0 Å². The molecule has 0 fully saturated rings. The molecule has 1 aromatic rings. The van der Waals surface area contributed by atoms with Gasteiger partial charge in [-0.25, -0.2) is 0 Å². The Morgan fingerprint density at radius 2 is 2.00 bits per heavy atom. The van der Waals surface area contributed by atoms with Crippen LogP contribution in [0, 0.1) is 0 Å². The molecule has 0 atom stereocenters. The topological polar surface area (TPSA) is 55.8 Å². The first kappa shape index (κ1) is 15.0. The van der Waals surface area contributed by atoms with Crippen LogP contribution in [0.3, 0.4) is 0 Å². The number of nitrogens with zero attached hydrogens (tertiary/aromatic N) is 1. The Hall–Kier alpha value is -2.04. The summed E-state index contributed by atoms with van der Waals surface area (Å²) in [5.74, 6) is 0.262. The van der Waals surface area contributed by atoms with Gasteiger partial charge in [-0.3, -0.25) is 9.59 Å². The number of hydrogen-bond donors (Lipinski definition) is 0. The molecule has 0 spiro atoms. The fourth-order valence-electron chi connectivity index (χ4n) is 1.62. The van der Waals surface area contributed by atoms with Crippen molar-refractivity contribution in [3.8, 4) is 5.75 Å². The van der Waals surface area contributed by atoms with E-state index in [0.717, 1.165) is 11.3 Å². The molecule has 1 rings (SSSR count). The van der Waals surface area contributed by atoms with Crippen molar-refractivity contribution in [2.45, 2.75) is 12.8 Å². The van der Waals surface area contributed by atoms with Gasteiger partial charge in [-0.05, 0) is 24.1 Å². The highest BCUT2D eigenvalue weighted by Crippen LogP contribution is 2.14. The molecule has 0 heterocycles. The number of benzene rings is 1. The fraction of sp³-hybridized carbons (Fsp3) is 0.429. The monoisotopic (exact) mass is 265 g/mol. The summed E-state index contributed by atoms with van der Waals surface area (Å²) in [6.07, 6.45) is 0.961. The van der Waals surface area contributed by atoms with Gasteiger partial charge in [-0.15, -0.1) is 0 Å². The minimum atomic E-state index is -0.419. The number of carbonyl (C=O) groups excluding carboxylic acids is 2. The second kappa shape index (κ2) is 7.41. The first-order chi connectivity index (χ1) is 9.06. The number of rotatable bonds is 6. The van der Waals surface area contributed by atoms with Gasteiger partial charge in [0.15, 0.2) is 0 Å². The molecule has 0 saturated heterocycles. The lowest BCUT2D eigenvalue weighted by atomic mass is 10.1. The van der Waals surface area contributed by atoms with Crippen LogP contribution in [-0.2, 0) is 20.7 Å². The first-order valence-electron chi connectivity index (χ1n) is 6.00. The Morgan fingerprint density at radius 3 is 2.63 bits per heavy atom. The van der Waals surface area contributed by atoms with Crippen LogP contribution < -0.4 is 4.74 Å². The third kappa shape index (κ3) is 4.99. The van der Waals surface area contributed by atoms with Gasteiger partial charge in [-0.2, -0.15) is 0 Å². The normalized spacial score (nSPS) is 9.84. The predicted octanol–water partition coefficient (Wildman–Crippen LogP) is 1.26. The van der Waals surface area contributed by atoms with Crippen LogP contribution in [0.2, 0.25) is 0 Å². The molecule has 5 nitrogen and oxygen atoms in total. The summed E-state index contributed by atoms with van der Waals surface area (Å²) in [7, 11) is 4.50. The van der Waals surface area contributed by atoms with Crippen LogP contribution in [0.15, 0.2) is 24.3 Å². The SMILES string of the molecule is COC(=O)CN(C)C(=O)CCc1cccc(OC)c1. The number of esters is 1. The quantitative estimate of drug-likeness (QED) is 0.727. The molecule has 1 amide bonds. The van der Waals surface area contributed by atoms with E-state index in [-0.39, 0.29) is 12.5 Å². The molecular formula is C14H19NO4. The van der Waals surface area contributed by atoms with Crippen LogP contribution in [0.1, 0.15) is 12.0 Å². The van der Waals surface area contributed by atoms with Crippen molar-refractivity contribution in [2.75, 3.05) is 27.8 Å². The zero-order chi connectivity index (χ0) is 14.3. The minimum absolute atomic E-state index is 0.0204. The van der Waals surface area contributed by atoms with Crippen molar-refractivity contribution in [1.82, 2.24) is 4.90 Å². The van der Waals surface area contributed by atoms with Crippen molar-refractivity contribution in [3.05, 3.63) is 29.8 Å². The van der Waals surface area contributed by atoms with Gasteiger partial charge in [-0.1, -0.05) is 12.1 Å². The smallest absolute Gasteiger partial charge is 0.325 e. The standard InChI is InChI=1S/C14H19NO4/c1-15(10-14(17)19-3)13(16)8-7-11-5-4-6-12(9-11)18-2/h4-6,9H,7-8,10H2,1-3H3. The van der Waals surface area contributed by atoms with Gasteiger partial charge in [0, 0.05) is 13.5 Å². The summed E-state index contributed by atoms with van der Waals surface area (Å²) in [4.78, 5) is 24.2. The molecule has 0 aromatic heterocycles. The second-order valence-electron chi connectivity index (χ2n) is 4.18. The zero-order valence-corrected chi connectivity index (χ0v) is 11.5. The number of likely N-dealkylation sites (N-methyl/N-ethyl adjacent to an activating group) is 1. The third-order valence-corrected chi connectivity index (χ3v) is 2.78. The van der Waals surface area contributed by atoms with Crippen LogP contribution >= 0.6 is 0 Å². The number of ether oxygens (including phenoxy) is 2. The van der Waals surface area contributed by atoms with E-state index in [1.807, 2.05) is 24.3 Å². The molecule has 104 valence electrons. The van der Waals surface area contributed by atoms with Crippen LogP contribution in [-0.4, -0.2) is 44.6 Å².